The van der Waals surface area contributed by atoms with Gasteiger partial charge in [-0.3, -0.25) is 0 Å². The average Bonchev–Trinajstić information content (AvgIpc) is 2.40. The number of hydrogen-bond donors (Lipinski definition) is 2. The third-order valence-corrected chi connectivity index (χ3v) is 3.62. The largest absolute Gasteiger partial charge is 0.508 e. The maximum absolute atomic E-state index is 11.9. The Hall–Kier alpha value is -2.24. The molecule has 0 radical (unpaired) electrons. The smallest absolute Gasteiger partial charge is 0.359 e. The first-order chi connectivity index (χ1) is 9.41. The molecular weight excluding hydrogens is 264 g/mol. The minimum atomic E-state index is -0.706. The van der Waals surface area contributed by atoms with Crippen molar-refractivity contribution >= 4 is 11.9 Å². The minimum Gasteiger partial charge on any atom is -0.508 e. The fourth-order valence-electron chi connectivity index (χ4n) is 2.65. The van der Waals surface area contributed by atoms with Crippen LogP contribution in [-0.4, -0.2) is 22.2 Å². The average molecular weight is 280 g/mol. The second-order valence-corrected chi connectivity index (χ2v) is 4.91. The summed E-state index contributed by atoms with van der Waals surface area (Å²) in [5.74, 6) is -2.08. The van der Waals surface area contributed by atoms with E-state index >= 15 is 0 Å². The summed E-state index contributed by atoms with van der Waals surface area (Å²) in [6, 6.07) is 2.82. The van der Waals surface area contributed by atoms with E-state index in [0.717, 1.165) is 6.92 Å². The summed E-state index contributed by atoms with van der Waals surface area (Å²) < 4.78 is 0. The maximum atomic E-state index is 11.9. The summed E-state index contributed by atoms with van der Waals surface area (Å²) in [4.78, 5) is 31.2. The van der Waals surface area contributed by atoms with Gasteiger partial charge in [-0.1, -0.05) is 6.92 Å². The molecule has 108 valence electrons. The van der Waals surface area contributed by atoms with Crippen LogP contribution in [0.15, 0.2) is 12.1 Å². The van der Waals surface area contributed by atoms with Crippen molar-refractivity contribution < 1.29 is 29.6 Å². The topological polar surface area (TPSA) is 93.1 Å². The Balaban J connectivity index is 2.23. The van der Waals surface area contributed by atoms with Crippen molar-refractivity contribution in [3.8, 4) is 11.5 Å². The number of hydrogen-bond acceptors (Lipinski definition) is 6. The number of rotatable bonds is 1. The van der Waals surface area contributed by atoms with Gasteiger partial charge in [-0.25, -0.2) is 19.4 Å². The summed E-state index contributed by atoms with van der Waals surface area (Å²) >= 11 is 0. The second-order valence-electron chi connectivity index (χ2n) is 4.91. The number of carbonyl (C=O) groups excluding carboxylic acids is 2. The lowest BCUT2D eigenvalue weighted by Gasteiger charge is -2.29. The number of benzene rings is 1. The second kappa shape index (κ2) is 5.40. The molecule has 0 saturated heterocycles. The molecule has 2 atom stereocenters. The van der Waals surface area contributed by atoms with Gasteiger partial charge in [0.15, 0.2) is 0 Å². The molecule has 0 amide bonds. The highest BCUT2D eigenvalue weighted by molar-refractivity contribution is 5.76. The van der Waals surface area contributed by atoms with E-state index in [1.54, 1.807) is 6.92 Å². The van der Waals surface area contributed by atoms with Gasteiger partial charge in [0.1, 0.15) is 11.5 Å². The van der Waals surface area contributed by atoms with E-state index < -0.39 is 17.9 Å². The number of fused-ring (bicyclic) bond motifs is 1. The van der Waals surface area contributed by atoms with Gasteiger partial charge in [0.05, 0.1) is 5.92 Å². The third kappa shape index (κ3) is 2.54. The molecule has 2 unspecified atom stereocenters. The van der Waals surface area contributed by atoms with Crippen LogP contribution in [0.4, 0.5) is 0 Å². The van der Waals surface area contributed by atoms with Crippen LogP contribution >= 0.6 is 0 Å². The van der Waals surface area contributed by atoms with Crippen molar-refractivity contribution in [3.63, 3.8) is 0 Å². The Morgan fingerprint density at radius 3 is 2.50 bits per heavy atom. The highest BCUT2D eigenvalue weighted by atomic mass is 17.2. The predicted octanol–water partition coefficient (Wildman–Crippen LogP) is 1.78. The van der Waals surface area contributed by atoms with Gasteiger partial charge in [0.2, 0.25) is 0 Å². The molecule has 1 aliphatic carbocycles. The minimum absolute atomic E-state index is 0.0373. The summed E-state index contributed by atoms with van der Waals surface area (Å²) in [7, 11) is 0. The number of phenols is 2. The van der Waals surface area contributed by atoms with Crippen molar-refractivity contribution in [3.05, 3.63) is 23.3 Å². The first-order valence-electron chi connectivity index (χ1n) is 6.34. The lowest BCUT2D eigenvalue weighted by molar-refractivity contribution is -0.261. The van der Waals surface area contributed by atoms with Crippen LogP contribution in [0.1, 0.15) is 37.3 Å². The van der Waals surface area contributed by atoms with Crippen molar-refractivity contribution in [1.82, 2.24) is 0 Å². The van der Waals surface area contributed by atoms with E-state index in [0.29, 0.717) is 24.0 Å². The Morgan fingerprint density at radius 1 is 1.20 bits per heavy atom. The van der Waals surface area contributed by atoms with E-state index in [9.17, 15) is 19.8 Å². The van der Waals surface area contributed by atoms with E-state index in [1.807, 2.05) is 0 Å². The van der Waals surface area contributed by atoms with Crippen LogP contribution in [0.2, 0.25) is 0 Å². The van der Waals surface area contributed by atoms with Gasteiger partial charge in [-0.2, -0.15) is 0 Å². The standard InChI is InChI=1S/C14H16O6/c1-7-9(14(18)20-19-8(2)15)3-4-10-11(16)5-6-12(17)13(7)10/h5-7,9,16-17H,3-4H2,1-2H3. The summed E-state index contributed by atoms with van der Waals surface area (Å²) in [6.45, 7) is 2.90. The zero-order chi connectivity index (χ0) is 14.9. The predicted molar refractivity (Wildman–Crippen MR) is 67.9 cm³/mol. The van der Waals surface area contributed by atoms with E-state index in [-0.39, 0.29) is 17.4 Å². The highest BCUT2D eigenvalue weighted by Gasteiger charge is 2.36. The zero-order valence-corrected chi connectivity index (χ0v) is 11.3. The van der Waals surface area contributed by atoms with Crippen molar-refractivity contribution in [1.29, 1.82) is 0 Å². The lowest BCUT2D eigenvalue weighted by atomic mass is 9.75. The Kier molecular flexibility index (Phi) is 3.83. The van der Waals surface area contributed by atoms with E-state index in [2.05, 4.69) is 9.78 Å². The summed E-state index contributed by atoms with van der Waals surface area (Å²) in [5, 5.41) is 19.7. The van der Waals surface area contributed by atoms with Gasteiger partial charge in [0.25, 0.3) is 0 Å². The Bertz CT molecular complexity index is 551. The van der Waals surface area contributed by atoms with Gasteiger partial charge >= 0.3 is 11.9 Å². The summed E-state index contributed by atoms with van der Waals surface area (Å²) in [6.07, 6.45) is 0.894. The molecule has 0 aromatic heterocycles. The number of aromatic hydroxyl groups is 2. The number of phenolic OH excluding ortho intramolecular Hbond substituents is 2. The molecule has 0 bridgehead atoms. The van der Waals surface area contributed by atoms with Gasteiger partial charge in [0, 0.05) is 18.1 Å². The molecule has 0 spiro atoms. The van der Waals surface area contributed by atoms with Crippen molar-refractivity contribution in [2.24, 2.45) is 5.92 Å². The molecule has 6 nitrogen and oxygen atoms in total. The molecular formula is C14H16O6. The SMILES string of the molecule is CC(=O)OOC(=O)C1CCc2c(O)ccc(O)c2C1C. The molecule has 20 heavy (non-hydrogen) atoms. The van der Waals surface area contributed by atoms with Gasteiger partial charge < -0.3 is 10.2 Å². The van der Waals surface area contributed by atoms with Crippen LogP contribution in [0, 0.1) is 5.92 Å². The summed E-state index contributed by atoms with van der Waals surface area (Å²) in [5.41, 5.74) is 1.19. The monoisotopic (exact) mass is 280 g/mol. The fourth-order valence-corrected chi connectivity index (χ4v) is 2.65. The van der Waals surface area contributed by atoms with Crippen LogP contribution in [-0.2, 0) is 25.8 Å². The molecule has 2 N–H and O–H groups in total. The van der Waals surface area contributed by atoms with Crippen LogP contribution in [0.5, 0.6) is 11.5 Å². The number of carbonyl (C=O) groups is 2. The van der Waals surface area contributed by atoms with Crippen molar-refractivity contribution in [2.75, 3.05) is 0 Å². The fraction of sp³-hybridized carbons (Fsp3) is 0.429. The quantitative estimate of drug-likeness (QED) is 0.463. The molecule has 1 aromatic carbocycles. The van der Waals surface area contributed by atoms with Crippen molar-refractivity contribution in [2.45, 2.75) is 32.6 Å². The first-order valence-corrected chi connectivity index (χ1v) is 6.34. The molecule has 2 rings (SSSR count). The normalized spacial score (nSPS) is 20.9. The molecule has 0 saturated carbocycles. The molecule has 0 aliphatic heterocycles. The van der Waals surface area contributed by atoms with Gasteiger partial charge in [-0.05, 0) is 30.9 Å². The lowest BCUT2D eigenvalue weighted by Crippen LogP contribution is -2.28. The van der Waals surface area contributed by atoms with Crippen LogP contribution < -0.4 is 0 Å². The van der Waals surface area contributed by atoms with Gasteiger partial charge in [-0.15, -0.1) is 0 Å². The third-order valence-electron chi connectivity index (χ3n) is 3.62. The van der Waals surface area contributed by atoms with E-state index in [1.165, 1.54) is 12.1 Å². The molecule has 0 heterocycles. The maximum Gasteiger partial charge on any atom is 0.359 e. The van der Waals surface area contributed by atoms with Crippen LogP contribution in [0.25, 0.3) is 0 Å². The molecule has 0 fully saturated rings. The molecule has 1 aliphatic rings. The zero-order valence-electron chi connectivity index (χ0n) is 11.3. The Morgan fingerprint density at radius 2 is 1.85 bits per heavy atom. The first kappa shape index (κ1) is 14.2. The van der Waals surface area contributed by atoms with Crippen LogP contribution in [0.3, 0.4) is 0 Å². The molecule has 1 aromatic rings. The molecule has 6 heteroatoms. The highest BCUT2D eigenvalue weighted by Crippen LogP contribution is 2.44. The Labute approximate surface area is 115 Å². The van der Waals surface area contributed by atoms with E-state index in [4.69, 9.17) is 0 Å².